The number of aryl methyl sites for hydroxylation is 1. The molecule has 0 saturated carbocycles. The van der Waals surface area contributed by atoms with Crippen molar-refractivity contribution < 1.29 is 14.4 Å². The highest BCUT2D eigenvalue weighted by Gasteiger charge is 2.23. The molecule has 166 valence electrons. The fourth-order valence-corrected chi connectivity index (χ4v) is 3.22. The molecule has 2 aromatic rings. The Hall–Kier alpha value is -3.15. The number of anilines is 2. The molecule has 1 unspecified atom stereocenters. The summed E-state index contributed by atoms with van der Waals surface area (Å²) in [5.74, 6) is -0.0603. The highest BCUT2D eigenvalue weighted by atomic mass is 16.2. The first-order valence-electron chi connectivity index (χ1n) is 10.7. The Bertz CT molecular complexity index is 904. The van der Waals surface area contributed by atoms with Gasteiger partial charge in [-0.1, -0.05) is 45.9 Å². The van der Waals surface area contributed by atoms with Crippen LogP contribution in [0.4, 0.5) is 11.4 Å². The maximum absolute atomic E-state index is 12.9. The summed E-state index contributed by atoms with van der Waals surface area (Å²) in [6.45, 7) is 9.87. The Morgan fingerprint density at radius 2 is 1.39 bits per heavy atom. The molecule has 0 spiro atoms. The molecule has 0 heterocycles. The van der Waals surface area contributed by atoms with Gasteiger partial charge >= 0.3 is 0 Å². The van der Waals surface area contributed by atoms with E-state index in [-0.39, 0.29) is 29.6 Å². The summed E-state index contributed by atoms with van der Waals surface area (Å²) in [5, 5.41) is 8.58. The average Bonchev–Trinajstić information content (AvgIpc) is 2.68. The van der Waals surface area contributed by atoms with Crippen LogP contribution in [0.3, 0.4) is 0 Å². The van der Waals surface area contributed by atoms with Gasteiger partial charge in [0.15, 0.2) is 0 Å². The molecule has 0 aliphatic carbocycles. The van der Waals surface area contributed by atoms with Gasteiger partial charge in [0.25, 0.3) is 5.91 Å². The average molecular weight is 424 g/mol. The molecule has 0 fully saturated rings. The van der Waals surface area contributed by atoms with Crippen LogP contribution in [0.5, 0.6) is 0 Å². The maximum Gasteiger partial charge on any atom is 0.252 e. The van der Waals surface area contributed by atoms with Crippen molar-refractivity contribution in [3.63, 3.8) is 0 Å². The third-order valence-corrected chi connectivity index (χ3v) is 4.75. The minimum Gasteiger partial charge on any atom is -0.340 e. The van der Waals surface area contributed by atoms with Gasteiger partial charge in [-0.05, 0) is 61.1 Å². The lowest BCUT2D eigenvalue weighted by Crippen LogP contribution is -2.44. The molecular formula is C25H33N3O3. The minimum atomic E-state index is -0.655. The van der Waals surface area contributed by atoms with Crippen LogP contribution in [0.25, 0.3) is 0 Å². The Labute approximate surface area is 184 Å². The van der Waals surface area contributed by atoms with E-state index in [9.17, 15) is 14.4 Å². The van der Waals surface area contributed by atoms with Crippen LogP contribution >= 0.6 is 0 Å². The first-order chi connectivity index (χ1) is 14.7. The van der Waals surface area contributed by atoms with E-state index >= 15 is 0 Å². The second kappa shape index (κ2) is 11.3. The Morgan fingerprint density at radius 1 is 0.806 bits per heavy atom. The molecule has 0 aromatic heterocycles. The third-order valence-electron chi connectivity index (χ3n) is 4.75. The molecule has 6 heteroatoms. The van der Waals surface area contributed by atoms with Crippen molar-refractivity contribution in [2.45, 2.75) is 53.5 Å². The Morgan fingerprint density at radius 3 is 1.94 bits per heavy atom. The van der Waals surface area contributed by atoms with E-state index in [1.807, 2.05) is 46.8 Å². The second-order valence-electron chi connectivity index (χ2n) is 8.68. The molecule has 2 rings (SSSR count). The summed E-state index contributed by atoms with van der Waals surface area (Å²) >= 11 is 0. The first-order valence-corrected chi connectivity index (χ1v) is 10.7. The monoisotopic (exact) mass is 423 g/mol. The zero-order valence-corrected chi connectivity index (χ0v) is 19.0. The van der Waals surface area contributed by atoms with Gasteiger partial charge < -0.3 is 16.0 Å². The predicted octanol–water partition coefficient (Wildman–Crippen LogP) is 4.76. The quantitative estimate of drug-likeness (QED) is 0.543. The van der Waals surface area contributed by atoms with E-state index in [4.69, 9.17) is 0 Å². The lowest BCUT2D eigenvalue weighted by atomic mass is 10.0. The van der Waals surface area contributed by atoms with Gasteiger partial charge in [-0.2, -0.15) is 0 Å². The van der Waals surface area contributed by atoms with E-state index in [2.05, 4.69) is 16.0 Å². The summed E-state index contributed by atoms with van der Waals surface area (Å²) in [5.41, 5.74) is 2.70. The van der Waals surface area contributed by atoms with E-state index < -0.39 is 6.04 Å². The van der Waals surface area contributed by atoms with Crippen LogP contribution < -0.4 is 16.0 Å². The number of carbonyl (C=O) groups excluding carboxylic acids is 3. The standard InChI is InChI=1S/C25H33N3O3/c1-16(2)14-22(28-24(30)21-9-7-6-8-18(21)5)25(31)27-20-12-10-19(11-13-20)26-23(29)15-17(3)4/h6-13,16-17,22H,14-15H2,1-5H3,(H,26,29)(H,27,31)(H,28,30). The van der Waals surface area contributed by atoms with E-state index in [1.54, 1.807) is 36.4 Å². The van der Waals surface area contributed by atoms with Crippen LogP contribution in [-0.4, -0.2) is 23.8 Å². The van der Waals surface area contributed by atoms with Crippen LogP contribution in [0.15, 0.2) is 48.5 Å². The zero-order valence-electron chi connectivity index (χ0n) is 19.0. The highest BCUT2D eigenvalue weighted by Crippen LogP contribution is 2.16. The normalized spacial score (nSPS) is 11.8. The third kappa shape index (κ3) is 7.89. The van der Waals surface area contributed by atoms with Gasteiger partial charge in [0.05, 0.1) is 0 Å². The van der Waals surface area contributed by atoms with Crippen molar-refractivity contribution in [3.8, 4) is 0 Å². The lowest BCUT2D eigenvalue weighted by molar-refractivity contribution is -0.118. The van der Waals surface area contributed by atoms with Gasteiger partial charge in [0, 0.05) is 23.4 Å². The van der Waals surface area contributed by atoms with Gasteiger partial charge in [-0.25, -0.2) is 0 Å². The molecule has 3 amide bonds. The number of carbonyl (C=O) groups is 3. The molecule has 6 nitrogen and oxygen atoms in total. The number of benzene rings is 2. The van der Waals surface area contributed by atoms with E-state index in [1.165, 1.54) is 0 Å². The molecule has 0 radical (unpaired) electrons. The zero-order chi connectivity index (χ0) is 23.0. The fraction of sp³-hybridized carbons (Fsp3) is 0.400. The predicted molar refractivity (Wildman–Crippen MR) is 125 cm³/mol. The minimum absolute atomic E-state index is 0.0392. The van der Waals surface area contributed by atoms with Crippen molar-refractivity contribution in [1.82, 2.24) is 5.32 Å². The fourth-order valence-electron chi connectivity index (χ4n) is 3.22. The molecule has 31 heavy (non-hydrogen) atoms. The summed E-state index contributed by atoms with van der Waals surface area (Å²) < 4.78 is 0. The summed E-state index contributed by atoms with van der Waals surface area (Å²) in [7, 11) is 0. The molecule has 3 N–H and O–H groups in total. The lowest BCUT2D eigenvalue weighted by Gasteiger charge is -2.21. The molecular weight excluding hydrogens is 390 g/mol. The number of amides is 3. The molecule has 0 aliphatic heterocycles. The van der Waals surface area contributed by atoms with Crippen molar-refractivity contribution in [1.29, 1.82) is 0 Å². The Kier molecular flexibility index (Phi) is 8.79. The molecule has 0 bridgehead atoms. The van der Waals surface area contributed by atoms with E-state index in [0.29, 0.717) is 29.8 Å². The highest BCUT2D eigenvalue weighted by molar-refractivity contribution is 6.02. The van der Waals surface area contributed by atoms with Gasteiger partial charge in [0.1, 0.15) is 6.04 Å². The van der Waals surface area contributed by atoms with Gasteiger partial charge in [-0.15, -0.1) is 0 Å². The summed E-state index contributed by atoms with van der Waals surface area (Å²) in [6, 6.07) is 13.6. The summed E-state index contributed by atoms with van der Waals surface area (Å²) in [6.07, 6.45) is 0.975. The van der Waals surface area contributed by atoms with Gasteiger partial charge in [0.2, 0.25) is 11.8 Å². The van der Waals surface area contributed by atoms with E-state index in [0.717, 1.165) is 5.56 Å². The number of nitrogens with one attached hydrogen (secondary N) is 3. The van der Waals surface area contributed by atoms with Gasteiger partial charge in [-0.3, -0.25) is 14.4 Å². The second-order valence-corrected chi connectivity index (χ2v) is 8.68. The van der Waals surface area contributed by atoms with Crippen LogP contribution in [-0.2, 0) is 9.59 Å². The largest absolute Gasteiger partial charge is 0.340 e. The molecule has 0 saturated heterocycles. The summed E-state index contributed by atoms with van der Waals surface area (Å²) in [4.78, 5) is 37.5. The van der Waals surface area contributed by atoms with Crippen molar-refractivity contribution in [2.24, 2.45) is 11.8 Å². The molecule has 0 aliphatic rings. The molecule has 1 atom stereocenters. The van der Waals surface area contributed by atoms with Crippen LogP contribution in [0, 0.1) is 18.8 Å². The number of hydrogen-bond donors (Lipinski definition) is 3. The number of rotatable bonds is 9. The van der Waals surface area contributed by atoms with Crippen molar-refractivity contribution >= 4 is 29.1 Å². The first kappa shape index (κ1) is 24.1. The molecule has 2 aromatic carbocycles. The maximum atomic E-state index is 12.9. The SMILES string of the molecule is Cc1ccccc1C(=O)NC(CC(C)C)C(=O)Nc1ccc(NC(=O)CC(C)C)cc1. The van der Waals surface area contributed by atoms with Crippen molar-refractivity contribution in [2.75, 3.05) is 10.6 Å². The topological polar surface area (TPSA) is 87.3 Å². The van der Waals surface area contributed by atoms with Crippen molar-refractivity contribution in [3.05, 3.63) is 59.7 Å². The van der Waals surface area contributed by atoms with Crippen LogP contribution in [0.2, 0.25) is 0 Å². The number of hydrogen-bond acceptors (Lipinski definition) is 3. The smallest absolute Gasteiger partial charge is 0.252 e. The Balaban J connectivity index is 2.04. The van der Waals surface area contributed by atoms with Crippen LogP contribution in [0.1, 0.15) is 56.5 Å².